The molecule has 1 atom stereocenters. The first-order chi connectivity index (χ1) is 7.27. The van der Waals surface area contributed by atoms with Crippen molar-refractivity contribution >= 4 is 28.6 Å². The lowest BCUT2D eigenvalue weighted by Gasteiger charge is -2.09. The molecule has 0 aliphatic heterocycles. The first-order valence-corrected chi connectivity index (χ1v) is 6.22. The van der Waals surface area contributed by atoms with E-state index in [2.05, 4.69) is 4.98 Å². The Bertz CT molecular complexity index is 422. The van der Waals surface area contributed by atoms with Gasteiger partial charge in [0.25, 0.3) is 0 Å². The van der Waals surface area contributed by atoms with Gasteiger partial charge in [0.2, 0.25) is 0 Å². The van der Waals surface area contributed by atoms with Gasteiger partial charge in [0.1, 0.15) is 5.01 Å². The van der Waals surface area contributed by atoms with Crippen molar-refractivity contribution in [2.45, 2.75) is 13.0 Å². The second kappa shape index (κ2) is 4.55. The van der Waals surface area contributed by atoms with Crippen LogP contribution in [0.25, 0.3) is 0 Å². The molecule has 2 heterocycles. The number of carbonyl (C=O) groups is 1. The summed E-state index contributed by atoms with van der Waals surface area (Å²) >= 11 is 2.96. The Morgan fingerprint density at radius 2 is 2.40 bits per heavy atom. The Morgan fingerprint density at radius 3 is 3.00 bits per heavy atom. The van der Waals surface area contributed by atoms with E-state index in [9.17, 15) is 4.79 Å². The van der Waals surface area contributed by atoms with Crippen molar-refractivity contribution in [3.05, 3.63) is 39.0 Å². The van der Waals surface area contributed by atoms with Crippen LogP contribution in [0.1, 0.15) is 28.4 Å². The number of nitrogens with zero attached hydrogens (tertiary/aromatic N) is 1. The van der Waals surface area contributed by atoms with Crippen molar-refractivity contribution in [2.75, 3.05) is 0 Å². The van der Waals surface area contributed by atoms with Gasteiger partial charge in [-0.3, -0.25) is 0 Å². The maximum absolute atomic E-state index is 11.6. The van der Waals surface area contributed by atoms with Gasteiger partial charge in [-0.1, -0.05) is 0 Å². The zero-order valence-corrected chi connectivity index (χ0v) is 9.68. The Balaban J connectivity index is 2.01. The first-order valence-electron chi connectivity index (χ1n) is 4.40. The normalized spacial score (nSPS) is 12.3. The maximum atomic E-state index is 11.6. The van der Waals surface area contributed by atoms with E-state index in [-0.39, 0.29) is 12.1 Å². The third-order valence-electron chi connectivity index (χ3n) is 1.84. The van der Waals surface area contributed by atoms with Crippen LogP contribution in [0.2, 0.25) is 0 Å². The summed E-state index contributed by atoms with van der Waals surface area (Å²) in [6.07, 6.45) is 1.42. The van der Waals surface area contributed by atoms with E-state index in [0.29, 0.717) is 5.56 Å². The summed E-state index contributed by atoms with van der Waals surface area (Å²) in [6.45, 7) is 1.82. The second-order valence-electron chi connectivity index (χ2n) is 2.93. The van der Waals surface area contributed by atoms with Crippen molar-refractivity contribution < 1.29 is 9.53 Å². The van der Waals surface area contributed by atoms with Crippen molar-refractivity contribution in [1.82, 2.24) is 4.98 Å². The number of carbonyl (C=O) groups excluding carboxylic acids is 1. The summed E-state index contributed by atoms with van der Waals surface area (Å²) < 4.78 is 5.25. The van der Waals surface area contributed by atoms with E-state index in [0.717, 1.165) is 5.01 Å². The minimum absolute atomic E-state index is 0.280. The summed E-state index contributed by atoms with van der Waals surface area (Å²) in [4.78, 5) is 15.7. The van der Waals surface area contributed by atoms with Crippen molar-refractivity contribution in [3.63, 3.8) is 0 Å². The van der Waals surface area contributed by atoms with Crippen LogP contribution in [0, 0.1) is 0 Å². The average Bonchev–Trinajstić information content (AvgIpc) is 2.91. The van der Waals surface area contributed by atoms with Gasteiger partial charge in [0.15, 0.2) is 6.10 Å². The van der Waals surface area contributed by atoms with Crippen molar-refractivity contribution in [3.8, 4) is 0 Å². The van der Waals surface area contributed by atoms with Crippen LogP contribution in [0.5, 0.6) is 0 Å². The fraction of sp³-hybridized carbons (Fsp3) is 0.200. The number of thiophene rings is 1. The highest BCUT2D eigenvalue weighted by atomic mass is 32.1. The van der Waals surface area contributed by atoms with Gasteiger partial charge >= 0.3 is 5.97 Å². The summed E-state index contributed by atoms with van der Waals surface area (Å²) in [5, 5.41) is 6.31. The Hall–Kier alpha value is -1.20. The summed E-state index contributed by atoms with van der Waals surface area (Å²) in [7, 11) is 0. The van der Waals surface area contributed by atoms with Gasteiger partial charge in [0, 0.05) is 17.0 Å². The summed E-state index contributed by atoms with van der Waals surface area (Å²) in [5.41, 5.74) is 0.600. The molecule has 0 spiro atoms. The van der Waals surface area contributed by atoms with E-state index in [4.69, 9.17) is 4.74 Å². The van der Waals surface area contributed by atoms with E-state index in [1.54, 1.807) is 17.6 Å². The molecule has 0 aromatic carbocycles. The van der Waals surface area contributed by atoms with Crippen molar-refractivity contribution in [1.29, 1.82) is 0 Å². The van der Waals surface area contributed by atoms with E-state index in [1.165, 1.54) is 22.7 Å². The molecule has 0 saturated carbocycles. The van der Waals surface area contributed by atoms with Gasteiger partial charge in [-0.25, -0.2) is 9.78 Å². The van der Waals surface area contributed by atoms with Crippen LogP contribution in [0.15, 0.2) is 28.4 Å². The number of aromatic nitrogens is 1. The Morgan fingerprint density at radius 1 is 1.53 bits per heavy atom. The lowest BCUT2D eigenvalue weighted by Crippen LogP contribution is -2.07. The topological polar surface area (TPSA) is 39.2 Å². The lowest BCUT2D eigenvalue weighted by molar-refractivity contribution is 0.0338. The van der Waals surface area contributed by atoms with Gasteiger partial charge in [-0.15, -0.1) is 11.3 Å². The summed E-state index contributed by atoms with van der Waals surface area (Å²) in [5.74, 6) is -0.293. The fourth-order valence-electron chi connectivity index (χ4n) is 1.09. The van der Waals surface area contributed by atoms with Crippen molar-refractivity contribution in [2.24, 2.45) is 0 Å². The minimum atomic E-state index is -0.293. The second-order valence-corrected chi connectivity index (χ2v) is 4.64. The Kier molecular flexibility index (Phi) is 3.13. The largest absolute Gasteiger partial charge is 0.452 e. The third-order valence-corrected chi connectivity index (χ3v) is 3.46. The molecule has 0 aliphatic rings. The molecular weight excluding hydrogens is 230 g/mol. The van der Waals surface area contributed by atoms with Crippen LogP contribution >= 0.6 is 22.7 Å². The molecule has 2 aromatic heterocycles. The highest BCUT2D eigenvalue weighted by Crippen LogP contribution is 2.20. The molecule has 2 aromatic rings. The smallest absolute Gasteiger partial charge is 0.339 e. The Labute approximate surface area is 95.4 Å². The van der Waals surface area contributed by atoms with Gasteiger partial charge < -0.3 is 4.74 Å². The van der Waals surface area contributed by atoms with E-state index in [1.807, 2.05) is 17.7 Å². The van der Waals surface area contributed by atoms with E-state index < -0.39 is 0 Å². The van der Waals surface area contributed by atoms with Crippen LogP contribution in [-0.4, -0.2) is 11.0 Å². The van der Waals surface area contributed by atoms with Crippen LogP contribution < -0.4 is 0 Å². The molecule has 0 radical (unpaired) electrons. The number of rotatable bonds is 3. The molecule has 15 heavy (non-hydrogen) atoms. The molecule has 78 valence electrons. The summed E-state index contributed by atoms with van der Waals surface area (Å²) in [6, 6.07) is 1.75. The van der Waals surface area contributed by atoms with Gasteiger partial charge in [0.05, 0.1) is 5.56 Å². The minimum Gasteiger partial charge on any atom is -0.452 e. The van der Waals surface area contributed by atoms with Crippen LogP contribution in [0.3, 0.4) is 0 Å². The molecule has 5 heteroatoms. The van der Waals surface area contributed by atoms with Gasteiger partial charge in [-0.05, 0) is 18.4 Å². The lowest BCUT2D eigenvalue weighted by atomic mass is 10.3. The molecule has 3 nitrogen and oxygen atoms in total. The predicted octanol–water partition coefficient (Wildman–Crippen LogP) is 3.12. The molecule has 0 saturated heterocycles. The number of thiazole rings is 1. The molecule has 0 fully saturated rings. The highest BCUT2D eigenvalue weighted by Gasteiger charge is 2.15. The number of ether oxygens (including phenoxy) is 1. The average molecular weight is 239 g/mol. The quantitative estimate of drug-likeness (QED) is 0.772. The maximum Gasteiger partial charge on any atom is 0.339 e. The van der Waals surface area contributed by atoms with Crippen LogP contribution in [-0.2, 0) is 4.74 Å². The fourth-order valence-corrected chi connectivity index (χ4v) is 2.34. The zero-order chi connectivity index (χ0) is 10.7. The van der Waals surface area contributed by atoms with Crippen LogP contribution in [0.4, 0.5) is 0 Å². The monoisotopic (exact) mass is 239 g/mol. The standard InChI is InChI=1S/C10H9NO2S2/c1-7(9-11-3-5-15-9)13-10(12)8-2-4-14-6-8/h2-7H,1H3/t7-/m1/s1. The first kappa shape index (κ1) is 10.3. The molecule has 0 unspecified atom stereocenters. The number of hydrogen-bond acceptors (Lipinski definition) is 5. The predicted molar refractivity (Wildman–Crippen MR) is 60.3 cm³/mol. The molecule has 0 amide bonds. The molecule has 0 bridgehead atoms. The highest BCUT2D eigenvalue weighted by molar-refractivity contribution is 7.09. The third kappa shape index (κ3) is 2.43. The molecular formula is C10H9NO2S2. The molecule has 0 N–H and O–H groups in total. The van der Waals surface area contributed by atoms with E-state index >= 15 is 0 Å². The SMILES string of the molecule is C[C@@H](OC(=O)c1ccsc1)c1nccs1. The zero-order valence-electron chi connectivity index (χ0n) is 8.04. The van der Waals surface area contributed by atoms with Gasteiger partial charge in [-0.2, -0.15) is 11.3 Å². The number of esters is 1. The molecule has 0 aliphatic carbocycles. The number of hydrogen-bond donors (Lipinski definition) is 0. The molecule has 2 rings (SSSR count).